The second kappa shape index (κ2) is 9.19. The van der Waals surface area contributed by atoms with Crippen LogP contribution in [-0.2, 0) is 19.3 Å². The van der Waals surface area contributed by atoms with E-state index in [9.17, 15) is 4.79 Å². The van der Waals surface area contributed by atoms with E-state index in [1.807, 2.05) is 11.0 Å². The SMILES string of the molecule is CCN(CC)C(=O)c1ccc(C2=C3C=CC(=[N+](C)C)C=C3Cc3c2cc2c4c3CCCN4CCC2)s1. The Morgan fingerprint density at radius 1 is 1.06 bits per heavy atom. The van der Waals surface area contributed by atoms with Crippen molar-refractivity contribution in [2.75, 3.05) is 45.2 Å². The van der Waals surface area contributed by atoms with E-state index in [1.54, 1.807) is 22.6 Å². The number of amides is 1. The van der Waals surface area contributed by atoms with Crippen LogP contribution in [0.1, 0.15) is 63.5 Å². The van der Waals surface area contributed by atoms with Gasteiger partial charge in [-0.25, -0.2) is 4.58 Å². The largest absolute Gasteiger partial charge is 0.371 e. The van der Waals surface area contributed by atoms with E-state index < -0.39 is 0 Å². The van der Waals surface area contributed by atoms with Crippen molar-refractivity contribution in [2.24, 2.45) is 0 Å². The maximum atomic E-state index is 13.2. The number of hydrogen-bond donors (Lipinski definition) is 0. The molecule has 1 amide bonds. The van der Waals surface area contributed by atoms with Crippen molar-refractivity contribution in [3.8, 4) is 0 Å². The first kappa shape index (κ1) is 23.5. The lowest BCUT2D eigenvalue weighted by molar-refractivity contribution is -0.462. The van der Waals surface area contributed by atoms with Gasteiger partial charge in [0.25, 0.3) is 5.91 Å². The Balaban J connectivity index is 1.56. The van der Waals surface area contributed by atoms with Crippen LogP contribution < -0.4 is 4.90 Å². The van der Waals surface area contributed by atoms with Crippen LogP contribution in [0.15, 0.2) is 47.6 Å². The number of aryl methyl sites for hydroxylation is 1. The summed E-state index contributed by atoms with van der Waals surface area (Å²) in [6.45, 7) is 7.97. The van der Waals surface area contributed by atoms with Crippen molar-refractivity contribution < 1.29 is 9.37 Å². The zero-order chi connectivity index (χ0) is 25.0. The maximum Gasteiger partial charge on any atom is 0.263 e. The highest BCUT2D eigenvalue weighted by Gasteiger charge is 2.34. The summed E-state index contributed by atoms with van der Waals surface area (Å²) in [7, 11) is 4.23. The summed E-state index contributed by atoms with van der Waals surface area (Å²) >= 11 is 1.66. The van der Waals surface area contributed by atoms with Gasteiger partial charge in [-0.1, -0.05) is 0 Å². The lowest BCUT2D eigenvalue weighted by Crippen LogP contribution is -2.35. The standard InChI is InChI=1S/C31H36N3OS/c1-5-33(6-2)31(35)28-14-13-27(36-28)29-23-12-11-22(32(3)4)17-21(23)19-25-24-10-8-16-34-15-7-9-20(30(24)34)18-26(25)29/h11-14,17-18H,5-10,15-16,19H2,1-4H3/q+1. The number of rotatable bonds is 4. The summed E-state index contributed by atoms with van der Waals surface area (Å²) in [5, 5.41) is 0. The predicted molar refractivity (Wildman–Crippen MR) is 151 cm³/mol. The first-order valence-electron chi connectivity index (χ1n) is 13.5. The molecule has 0 spiro atoms. The lowest BCUT2D eigenvalue weighted by Gasteiger charge is -2.40. The number of carbonyl (C=O) groups excluding carboxylic acids is 1. The van der Waals surface area contributed by atoms with Gasteiger partial charge in [0.2, 0.25) is 0 Å². The summed E-state index contributed by atoms with van der Waals surface area (Å²) < 4.78 is 2.19. The monoisotopic (exact) mass is 498 g/mol. The highest BCUT2D eigenvalue weighted by atomic mass is 32.1. The number of fused-ring (bicyclic) bond motifs is 3. The number of thiophene rings is 1. The fraction of sp³-hybridized carbons (Fsp3) is 0.419. The van der Waals surface area contributed by atoms with Crippen molar-refractivity contribution in [1.29, 1.82) is 0 Å². The molecule has 3 heterocycles. The molecule has 4 nitrogen and oxygen atoms in total. The molecule has 0 fully saturated rings. The Kier molecular flexibility index (Phi) is 5.99. The average molecular weight is 499 g/mol. The Morgan fingerprint density at radius 2 is 1.83 bits per heavy atom. The zero-order valence-electron chi connectivity index (χ0n) is 22.0. The van der Waals surface area contributed by atoms with Gasteiger partial charge in [-0.3, -0.25) is 4.79 Å². The number of anilines is 1. The predicted octanol–water partition coefficient (Wildman–Crippen LogP) is 5.50. The molecule has 0 saturated heterocycles. The Labute approximate surface area is 218 Å². The quantitative estimate of drug-likeness (QED) is 0.521. The number of benzene rings is 1. The van der Waals surface area contributed by atoms with E-state index in [4.69, 9.17) is 0 Å². The number of nitrogens with zero attached hydrogens (tertiary/aromatic N) is 3. The molecule has 0 N–H and O–H groups in total. The van der Waals surface area contributed by atoms with Crippen molar-refractivity contribution in [3.63, 3.8) is 0 Å². The number of allylic oxidation sites excluding steroid dienone is 5. The van der Waals surface area contributed by atoms with Crippen LogP contribution in [0.2, 0.25) is 0 Å². The average Bonchev–Trinajstić information content (AvgIpc) is 3.38. The molecule has 36 heavy (non-hydrogen) atoms. The smallest absolute Gasteiger partial charge is 0.263 e. The fourth-order valence-electron chi connectivity index (χ4n) is 6.45. The van der Waals surface area contributed by atoms with Gasteiger partial charge in [0.05, 0.1) is 4.88 Å². The molecule has 2 aliphatic carbocycles. The third-order valence-electron chi connectivity index (χ3n) is 8.27. The van der Waals surface area contributed by atoms with Crippen LogP contribution in [0.25, 0.3) is 5.57 Å². The van der Waals surface area contributed by atoms with Gasteiger partial charge < -0.3 is 9.80 Å². The third-order valence-corrected chi connectivity index (χ3v) is 9.36. The van der Waals surface area contributed by atoms with E-state index in [1.165, 1.54) is 82.8 Å². The van der Waals surface area contributed by atoms with Gasteiger partial charge in [0.1, 0.15) is 14.1 Å². The first-order valence-corrected chi connectivity index (χ1v) is 14.3. The lowest BCUT2D eigenvalue weighted by atomic mass is 9.74. The Hall–Kier alpha value is -2.92. The Bertz CT molecular complexity index is 1380. The van der Waals surface area contributed by atoms with Crippen LogP contribution in [0.4, 0.5) is 5.69 Å². The molecule has 2 aliphatic heterocycles. The molecule has 1 aromatic heterocycles. The minimum absolute atomic E-state index is 0.146. The molecule has 1 aromatic carbocycles. The molecule has 6 rings (SSSR count). The van der Waals surface area contributed by atoms with Crippen molar-refractivity contribution in [2.45, 2.75) is 46.0 Å². The molecule has 0 radical (unpaired) electrons. The molecular formula is C31H36N3OS+. The molecule has 0 unspecified atom stereocenters. The van der Waals surface area contributed by atoms with E-state index in [-0.39, 0.29) is 5.91 Å². The second-order valence-electron chi connectivity index (χ2n) is 10.5. The number of carbonyl (C=O) groups is 1. The minimum Gasteiger partial charge on any atom is -0.371 e. The highest BCUT2D eigenvalue weighted by molar-refractivity contribution is 7.15. The van der Waals surface area contributed by atoms with E-state index >= 15 is 0 Å². The summed E-state index contributed by atoms with van der Waals surface area (Å²) in [5.41, 5.74) is 12.9. The van der Waals surface area contributed by atoms with Gasteiger partial charge in [0.15, 0.2) is 5.71 Å². The van der Waals surface area contributed by atoms with Gasteiger partial charge in [0, 0.05) is 54.5 Å². The summed E-state index contributed by atoms with van der Waals surface area (Å²) in [6.07, 6.45) is 12.7. The van der Waals surface area contributed by atoms with Crippen molar-refractivity contribution >= 4 is 34.2 Å². The normalized spacial score (nSPS) is 17.9. The summed E-state index contributed by atoms with van der Waals surface area (Å²) in [4.78, 5) is 19.8. The van der Waals surface area contributed by atoms with Gasteiger partial charge in [-0.2, -0.15) is 0 Å². The van der Waals surface area contributed by atoms with E-state index in [2.05, 4.69) is 67.8 Å². The van der Waals surface area contributed by atoms with Gasteiger partial charge in [-0.05, 0) is 104 Å². The molecule has 0 saturated carbocycles. The second-order valence-corrected chi connectivity index (χ2v) is 11.6. The van der Waals surface area contributed by atoms with Crippen LogP contribution in [0.5, 0.6) is 0 Å². The van der Waals surface area contributed by atoms with Gasteiger partial charge in [-0.15, -0.1) is 11.3 Å². The summed E-state index contributed by atoms with van der Waals surface area (Å²) in [6, 6.07) is 6.74. The van der Waals surface area contributed by atoms with Crippen LogP contribution >= 0.6 is 11.3 Å². The molecule has 0 bridgehead atoms. The van der Waals surface area contributed by atoms with E-state index in [0.29, 0.717) is 0 Å². The fourth-order valence-corrected chi connectivity index (χ4v) is 7.50. The van der Waals surface area contributed by atoms with Crippen LogP contribution in [0, 0.1) is 0 Å². The van der Waals surface area contributed by atoms with Crippen LogP contribution in [-0.4, -0.2) is 61.4 Å². The summed E-state index contributed by atoms with van der Waals surface area (Å²) in [5.74, 6) is 0.146. The zero-order valence-corrected chi connectivity index (χ0v) is 22.8. The van der Waals surface area contributed by atoms with Crippen LogP contribution in [0.3, 0.4) is 0 Å². The molecule has 2 aromatic rings. The van der Waals surface area contributed by atoms with Crippen molar-refractivity contribution in [1.82, 2.24) is 4.90 Å². The number of hydrogen-bond acceptors (Lipinski definition) is 3. The minimum atomic E-state index is 0.146. The van der Waals surface area contributed by atoms with Crippen molar-refractivity contribution in [3.05, 3.63) is 79.6 Å². The molecule has 4 aliphatic rings. The topological polar surface area (TPSA) is 26.6 Å². The molecule has 186 valence electrons. The molecular weight excluding hydrogens is 462 g/mol. The molecule has 5 heteroatoms. The molecule has 0 atom stereocenters. The Morgan fingerprint density at radius 3 is 2.58 bits per heavy atom. The third kappa shape index (κ3) is 3.71. The first-order chi connectivity index (χ1) is 17.5. The van der Waals surface area contributed by atoms with E-state index in [0.717, 1.165) is 24.4 Å². The van der Waals surface area contributed by atoms with Gasteiger partial charge >= 0.3 is 0 Å². The maximum absolute atomic E-state index is 13.2. The highest BCUT2D eigenvalue weighted by Crippen LogP contribution is 2.48.